The normalized spacial score (nSPS) is 12.7. The monoisotopic (exact) mass is 396 g/mol. The van der Waals surface area contributed by atoms with Gasteiger partial charge < -0.3 is 10.2 Å². The third kappa shape index (κ3) is 3.63. The lowest BCUT2D eigenvalue weighted by Crippen LogP contribution is -2.29. The first kappa shape index (κ1) is 18.2. The molecule has 1 aliphatic rings. The van der Waals surface area contributed by atoms with Gasteiger partial charge in [-0.1, -0.05) is 0 Å². The molecule has 0 aliphatic carbocycles. The maximum Gasteiger partial charge on any atom is 0.261 e. The minimum Gasteiger partial charge on any atom is -0.346 e. The molecule has 0 fully saturated rings. The predicted octanol–water partition coefficient (Wildman–Crippen LogP) is 3.12. The minimum absolute atomic E-state index is 0.196. The molecular weight excluding hydrogens is 379 g/mol. The van der Waals surface area contributed by atoms with Crippen LogP contribution in [-0.4, -0.2) is 28.3 Å². The van der Waals surface area contributed by atoms with Crippen LogP contribution in [0.15, 0.2) is 42.7 Å². The fourth-order valence-corrected chi connectivity index (χ4v) is 4.07. The van der Waals surface area contributed by atoms with Crippen LogP contribution >= 0.6 is 11.3 Å². The topological polar surface area (TPSA) is 75.2 Å². The Labute approximate surface area is 165 Å². The molecular formula is C20H17FN4O2S. The highest BCUT2D eigenvalue weighted by atomic mass is 32.1. The van der Waals surface area contributed by atoms with Crippen LogP contribution < -0.4 is 10.2 Å². The van der Waals surface area contributed by atoms with Gasteiger partial charge in [0.05, 0.1) is 34.7 Å². The number of amides is 2. The maximum atomic E-state index is 13.1. The van der Waals surface area contributed by atoms with Crippen LogP contribution in [0.4, 0.5) is 10.1 Å². The average Bonchev–Trinajstić information content (AvgIpc) is 3.28. The Bertz CT molecular complexity index is 1030. The van der Waals surface area contributed by atoms with Gasteiger partial charge in [-0.15, -0.1) is 11.3 Å². The zero-order valence-electron chi connectivity index (χ0n) is 15.1. The van der Waals surface area contributed by atoms with Crippen LogP contribution in [-0.2, 0) is 13.0 Å². The molecule has 28 heavy (non-hydrogen) atoms. The second-order valence-electron chi connectivity index (χ2n) is 6.46. The number of nitrogens with one attached hydrogen (secondary N) is 1. The number of halogens is 1. The van der Waals surface area contributed by atoms with Crippen LogP contribution in [0.2, 0.25) is 0 Å². The van der Waals surface area contributed by atoms with Gasteiger partial charge in [-0.05, 0) is 37.3 Å². The molecule has 0 atom stereocenters. The molecule has 1 aromatic carbocycles. The number of anilines is 1. The number of aryl methyl sites for hydroxylation is 1. The maximum absolute atomic E-state index is 13.1. The van der Waals surface area contributed by atoms with Gasteiger partial charge in [-0.25, -0.2) is 4.39 Å². The summed E-state index contributed by atoms with van der Waals surface area (Å²) >= 11 is 1.38. The van der Waals surface area contributed by atoms with E-state index in [2.05, 4.69) is 15.3 Å². The van der Waals surface area contributed by atoms with Crippen molar-refractivity contribution in [3.63, 3.8) is 0 Å². The van der Waals surface area contributed by atoms with Crippen molar-refractivity contribution in [2.24, 2.45) is 0 Å². The van der Waals surface area contributed by atoms with Crippen molar-refractivity contribution in [2.45, 2.75) is 19.9 Å². The molecule has 1 aliphatic heterocycles. The highest BCUT2D eigenvalue weighted by Gasteiger charge is 2.29. The van der Waals surface area contributed by atoms with E-state index in [0.717, 1.165) is 16.3 Å². The molecule has 8 heteroatoms. The lowest BCUT2D eigenvalue weighted by atomic mass is 10.2. The standard InChI is InChI=1S/C20H17FN4O2S/c1-12-9-23-15(10-22-12)11-24-19(26)18-8-16-17(28-18)6-7-25(16)20(27)13-2-4-14(21)5-3-13/h2-5,8-10H,6-7,11H2,1H3,(H,24,26). The van der Waals surface area contributed by atoms with Crippen molar-refractivity contribution in [1.29, 1.82) is 0 Å². The fraction of sp³-hybridized carbons (Fsp3) is 0.200. The third-order valence-corrected chi connectivity index (χ3v) is 5.65. The van der Waals surface area contributed by atoms with E-state index in [9.17, 15) is 14.0 Å². The average molecular weight is 396 g/mol. The number of hydrogen-bond donors (Lipinski definition) is 1. The molecule has 0 spiro atoms. The summed E-state index contributed by atoms with van der Waals surface area (Å²) in [5, 5.41) is 2.83. The summed E-state index contributed by atoms with van der Waals surface area (Å²) < 4.78 is 13.1. The molecule has 0 radical (unpaired) electrons. The van der Waals surface area contributed by atoms with Gasteiger partial charge in [-0.2, -0.15) is 0 Å². The number of thiophene rings is 1. The summed E-state index contributed by atoms with van der Waals surface area (Å²) in [6.45, 7) is 2.69. The number of carbonyl (C=O) groups excluding carboxylic acids is 2. The quantitative estimate of drug-likeness (QED) is 0.735. The SMILES string of the molecule is Cc1cnc(CNC(=O)c2cc3c(s2)CCN3C(=O)c2ccc(F)cc2)cn1. The van der Waals surface area contributed by atoms with Gasteiger partial charge in [0.25, 0.3) is 11.8 Å². The first-order valence-electron chi connectivity index (χ1n) is 8.77. The molecule has 2 aromatic heterocycles. The van der Waals surface area contributed by atoms with E-state index in [1.165, 1.54) is 35.6 Å². The van der Waals surface area contributed by atoms with E-state index in [1.54, 1.807) is 23.4 Å². The molecule has 142 valence electrons. The predicted molar refractivity (Wildman–Crippen MR) is 104 cm³/mol. The molecule has 2 amide bonds. The molecule has 3 heterocycles. The van der Waals surface area contributed by atoms with Crippen LogP contribution in [0.3, 0.4) is 0 Å². The largest absolute Gasteiger partial charge is 0.346 e. The first-order valence-corrected chi connectivity index (χ1v) is 9.59. The Balaban J connectivity index is 1.46. The number of nitrogens with zero attached hydrogens (tertiary/aromatic N) is 3. The summed E-state index contributed by atoms with van der Waals surface area (Å²) in [4.78, 5) is 36.8. The first-order chi connectivity index (χ1) is 13.5. The van der Waals surface area contributed by atoms with Crippen molar-refractivity contribution >= 4 is 28.8 Å². The van der Waals surface area contributed by atoms with Gasteiger partial charge in [-0.3, -0.25) is 19.6 Å². The Kier molecular flexibility index (Phi) is 4.87. The fourth-order valence-electron chi connectivity index (χ4n) is 3.00. The number of benzene rings is 1. The number of aromatic nitrogens is 2. The minimum atomic E-state index is -0.383. The van der Waals surface area contributed by atoms with E-state index in [4.69, 9.17) is 0 Å². The highest BCUT2D eigenvalue weighted by Crippen LogP contribution is 2.36. The number of fused-ring (bicyclic) bond motifs is 1. The molecule has 0 unspecified atom stereocenters. The Morgan fingerprint density at radius 2 is 2.00 bits per heavy atom. The number of rotatable bonds is 4. The van der Waals surface area contributed by atoms with Gasteiger partial charge in [0.15, 0.2) is 0 Å². The van der Waals surface area contributed by atoms with Gasteiger partial charge in [0.2, 0.25) is 0 Å². The Hall–Kier alpha value is -3.13. The zero-order valence-corrected chi connectivity index (χ0v) is 15.9. The molecule has 3 aromatic rings. The Morgan fingerprint density at radius 1 is 1.21 bits per heavy atom. The molecule has 0 saturated carbocycles. The van der Waals surface area contributed by atoms with Crippen molar-refractivity contribution in [3.8, 4) is 0 Å². The van der Waals surface area contributed by atoms with Crippen molar-refractivity contribution in [2.75, 3.05) is 11.4 Å². The van der Waals surface area contributed by atoms with Crippen molar-refractivity contribution in [3.05, 3.63) is 75.2 Å². The third-order valence-electron chi connectivity index (χ3n) is 4.46. The van der Waals surface area contributed by atoms with Crippen molar-refractivity contribution < 1.29 is 14.0 Å². The van der Waals surface area contributed by atoms with E-state index in [1.807, 2.05) is 6.92 Å². The Morgan fingerprint density at radius 3 is 2.71 bits per heavy atom. The van der Waals surface area contributed by atoms with Crippen LogP contribution in [0.1, 0.15) is 36.3 Å². The smallest absolute Gasteiger partial charge is 0.261 e. The lowest BCUT2D eigenvalue weighted by Gasteiger charge is -2.16. The summed E-state index contributed by atoms with van der Waals surface area (Å²) in [5.74, 6) is -0.791. The van der Waals surface area contributed by atoms with Gasteiger partial charge >= 0.3 is 0 Å². The molecule has 0 saturated heterocycles. The van der Waals surface area contributed by atoms with Gasteiger partial charge in [0, 0.05) is 29.6 Å². The van der Waals surface area contributed by atoms with E-state index in [0.29, 0.717) is 29.1 Å². The van der Waals surface area contributed by atoms with Crippen LogP contribution in [0, 0.1) is 12.7 Å². The summed E-state index contributed by atoms with van der Waals surface area (Å²) in [6.07, 6.45) is 3.98. The molecule has 4 rings (SSSR count). The van der Waals surface area contributed by atoms with Crippen LogP contribution in [0.5, 0.6) is 0 Å². The van der Waals surface area contributed by atoms with E-state index < -0.39 is 0 Å². The summed E-state index contributed by atoms with van der Waals surface area (Å²) in [7, 11) is 0. The van der Waals surface area contributed by atoms with E-state index >= 15 is 0 Å². The molecule has 0 bridgehead atoms. The highest BCUT2D eigenvalue weighted by molar-refractivity contribution is 7.14. The van der Waals surface area contributed by atoms with Gasteiger partial charge in [0.1, 0.15) is 5.82 Å². The second-order valence-corrected chi connectivity index (χ2v) is 7.60. The number of hydrogen-bond acceptors (Lipinski definition) is 5. The van der Waals surface area contributed by atoms with Crippen LogP contribution in [0.25, 0.3) is 0 Å². The molecule has 1 N–H and O–H groups in total. The number of carbonyl (C=O) groups is 2. The summed E-state index contributed by atoms with van der Waals surface area (Å²) in [5.41, 5.74) is 2.66. The zero-order chi connectivity index (χ0) is 19.7. The summed E-state index contributed by atoms with van der Waals surface area (Å²) in [6, 6.07) is 7.22. The van der Waals surface area contributed by atoms with E-state index in [-0.39, 0.29) is 24.2 Å². The van der Waals surface area contributed by atoms with Crippen molar-refractivity contribution in [1.82, 2.24) is 15.3 Å². The lowest BCUT2D eigenvalue weighted by molar-refractivity contribution is 0.0951. The second kappa shape index (κ2) is 7.47. The molecule has 6 nitrogen and oxygen atoms in total.